The van der Waals surface area contributed by atoms with Crippen LogP contribution in [0.2, 0.25) is 0 Å². The number of hydrogen-bond donors (Lipinski definition) is 2. The fraction of sp³-hybridized carbons (Fsp3) is 0.364. The van der Waals surface area contributed by atoms with Crippen LogP contribution >= 0.6 is 0 Å². The zero-order valence-corrected chi connectivity index (χ0v) is 8.94. The Morgan fingerprint density at radius 1 is 1.62 bits per heavy atom. The molecule has 0 radical (unpaired) electrons. The minimum Gasteiger partial charge on any atom is -0.496 e. The minimum absolute atomic E-state index is 0.0261. The highest BCUT2D eigenvalue weighted by atomic mass is 19.1. The molecule has 1 unspecified atom stereocenters. The zero-order valence-electron chi connectivity index (χ0n) is 8.94. The van der Waals surface area contributed by atoms with Crippen LogP contribution in [0.25, 0.3) is 0 Å². The molecule has 0 saturated carbocycles. The molecule has 0 amide bonds. The quantitative estimate of drug-likeness (QED) is 0.803. The molecular weight excluding hydrogens is 213 g/mol. The molecule has 16 heavy (non-hydrogen) atoms. The third-order valence-corrected chi connectivity index (χ3v) is 2.26. The van der Waals surface area contributed by atoms with E-state index in [0.29, 0.717) is 11.3 Å². The zero-order chi connectivity index (χ0) is 12.1. The normalized spacial score (nSPS) is 12.2. The summed E-state index contributed by atoms with van der Waals surface area (Å²) in [5.74, 6) is -0.972. The number of carboxylic acid groups (broad SMARTS) is 1. The minimum atomic E-state index is -0.906. The van der Waals surface area contributed by atoms with Crippen molar-refractivity contribution in [3.8, 4) is 5.75 Å². The third-order valence-electron chi connectivity index (χ3n) is 2.26. The highest BCUT2D eigenvalue weighted by Crippen LogP contribution is 2.27. The molecule has 5 heteroatoms. The Labute approximate surface area is 92.8 Å². The van der Waals surface area contributed by atoms with Gasteiger partial charge in [0.1, 0.15) is 11.6 Å². The molecular formula is C11H14FNO3. The van der Waals surface area contributed by atoms with E-state index in [0.717, 1.165) is 0 Å². The Bertz CT molecular complexity index is 381. The molecule has 0 spiro atoms. The summed E-state index contributed by atoms with van der Waals surface area (Å²) in [6.07, 6.45) is 0.263. The Morgan fingerprint density at radius 3 is 2.88 bits per heavy atom. The summed E-state index contributed by atoms with van der Waals surface area (Å²) in [5.41, 5.74) is 6.42. The lowest BCUT2D eigenvalue weighted by Gasteiger charge is -2.14. The molecule has 88 valence electrons. The number of halogens is 1. The standard InChI is InChI=1S/C11H14FNO3/c1-16-10-6-7(12)2-3-8(10)9(13)4-5-11(14)15/h2-3,6,9H,4-5,13H2,1H3,(H,14,15). The van der Waals surface area contributed by atoms with Crippen LogP contribution in [0.4, 0.5) is 4.39 Å². The van der Waals surface area contributed by atoms with Crippen molar-refractivity contribution in [3.05, 3.63) is 29.6 Å². The second kappa shape index (κ2) is 5.46. The highest BCUT2D eigenvalue weighted by molar-refractivity contribution is 5.66. The van der Waals surface area contributed by atoms with Crippen molar-refractivity contribution in [1.82, 2.24) is 0 Å². The first kappa shape index (κ1) is 12.4. The molecule has 0 fully saturated rings. The van der Waals surface area contributed by atoms with E-state index in [1.165, 1.54) is 25.3 Å². The molecule has 0 aliphatic carbocycles. The lowest BCUT2D eigenvalue weighted by molar-refractivity contribution is -0.137. The predicted octanol–water partition coefficient (Wildman–Crippen LogP) is 1.70. The highest BCUT2D eigenvalue weighted by Gasteiger charge is 2.13. The molecule has 3 N–H and O–H groups in total. The van der Waals surface area contributed by atoms with Crippen molar-refractivity contribution in [3.63, 3.8) is 0 Å². The van der Waals surface area contributed by atoms with Gasteiger partial charge in [-0.25, -0.2) is 4.39 Å². The van der Waals surface area contributed by atoms with Gasteiger partial charge in [0.25, 0.3) is 0 Å². The summed E-state index contributed by atoms with van der Waals surface area (Å²) in [7, 11) is 1.42. The average molecular weight is 227 g/mol. The number of benzene rings is 1. The van der Waals surface area contributed by atoms with E-state index in [1.807, 2.05) is 0 Å². The lowest BCUT2D eigenvalue weighted by Crippen LogP contribution is -2.13. The van der Waals surface area contributed by atoms with Crippen LogP contribution in [0.5, 0.6) is 5.75 Å². The first-order valence-electron chi connectivity index (χ1n) is 4.85. The Balaban J connectivity index is 2.81. The summed E-state index contributed by atoms with van der Waals surface area (Å²) in [6.45, 7) is 0. The first-order chi connectivity index (χ1) is 7.54. The molecule has 4 nitrogen and oxygen atoms in total. The van der Waals surface area contributed by atoms with Crippen LogP contribution in [0, 0.1) is 5.82 Å². The molecule has 0 heterocycles. The van der Waals surface area contributed by atoms with Gasteiger partial charge in [0.05, 0.1) is 7.11 Å². The van der Waals surface area contributed by atoms with Crippen LogP contribution in [0.15, 0.2) is 18.2 Å². The second-order valence-electron chi connectivity index (χ2n) is 3.43. The maximum Gasteiger partial charge on any atom is 0.303 e. The SMILES string of the molecule is COc1cc(F)ccc1C(N)CCC(=O)O. The van der Waals surface area contributed by atoms with Gasteiger partial charge in [-0.1, -0.05) is 6.07 Å². The van der Waals surface area contributed by atoms with Crippen molar-refractivity contribution >= 4 is 5.97 Å². The van der Waals surface area contributed by atoms with Gasteiger partial charge < -0.3 is 15.6 Å². The number of hydrogen-bond acceptors (Lipinski definition) is 3. The van der Waals surface area contributed by atoms with E-state index in [-0.39, 0.29) is 12.8 Å². The fourth-order valence-electron chi connectivity index (χ4n) is 1.43. The summed E-state index contributed by atoms with van der Waals surface area (Å²) in [6, 6.07) is 3.56. The lowest BCUT2D eigenvalue weighted by atomic mass is 10.0. The monoisotopic (exact) mass is 227 g/mol. The number of rotatable bonds is 5. The van der Waals surface area contributed by atoms with Gasteiger partial charge in [-0.2, -0.15) is 0 Å². The Morgan fingerprint density at radius 2 is 2.31 bits per heavy atom. The van der Waals surface area contributed by atoms with Crippen LogP contribution in [-0.4, -0.2) is 18.2 Å². The van der Waals surface area contributed by atoms with Crippen molar-refractivity contribution in [2.75, 3.05) is 7.11 Å². The number of carbonyl (C=O) groups is 1. The molecule has 0 saturated heterocycles. The van der Waals surface area contributed by atoms with Gasteiger partial charge in [-0.05, 0) is 12.5 Å². The third kappa shape index (κ3) is 3.20. The van der Waals surface area contributed by atoms with Gasteiger partial charge in [-0.3, -0.25) is 4.79 Å². The van der Waals surface area contributed by atoms with Gasteiger partial charge in [0.15, 0.2) is 0 Å². The van der Waals surface area contributed by atoms with E-state index in [1.54, 1.807) is 0 Å². The molecule has 1 rings (SSSR count). The number of aliphatic carboxylic acids is 1. The molecule has 1 aromatic carbocycles. The Hall–Kier alpha value is -1.62. The second-order valence-corrected chi connectivity index (χ2v) is 3.43. The molecule has 0 aliphatic heterocycles. The van der Waals surface area contributed by atoms with Crippen molar-refractivity contribution in [2.45, 2.75) is 18.9 Å². The molecule has 1 atom stereocenters. The number of methoxy groups -OCH3 is 1. The van der Waals surface area contributed by atoms with Gasteiger partial charge in [-0.15, -0.1) is 0 Å². The number of ether oxygens (including phenoxy) is 1. The van der Waals surface area contributed by atoms with Crippen molar-refractivity contribution in [2.24, 2.45) is 5.73 Å². The molecule has 1 aromatic rings. The Kier molecular flexibility index (Phi) is 4.25. The smallest absolute Gasteiger partial charge is 0.303 e. The number of nitrogens with two attached hydrogens (primary N) is 1. The van der Waals surface area contributed by atoms with Crippen LogP contribution in [0.3, 0.4) is 0 Å². The van der Waals surface area contributed by atoms with E-state index in [9.17, 15) is 9.18 Å². The largest absolute Gasteiger partial charge is 0.496 e. The van der Waals surface area contributed by atoms with Gasteiger partial charge >= 0.3 is 5.97 Å². The summed E-state index contributed by atoms with van der Waals surface area (Å²) in [4.78, 5) is 10.4. The maximum atomic E-state index is 12.9. The van der Waals surface area contributed by atoms with Crippen LogP contribution in [-0.2, 0) is 4.79 Å². The van der Waals surface area contributed by atoms with E-state index < -0.39 is 17.8 Å². The fourth-order valence-corrected chi connectivity index (χ4v) is 1.43. The predicted molar refractivity (Wildman–Crippen MR) is 56.8 cm³/mol. The van der Waals surface area contributed by atoms with Crippen molar-refractivity contribution in [1.29, 1.82) is 0 Å². The van der Waals surface area contributed by atoms with Crippen molar-refractivity contribution < 1.29 is 19.0 Å². The average Bonchev–Trinajstić information content (AvgIpc) is 2.25. The van der Waals surface area contributed by atoms with Gasteiger partial charge in [0, 0.05) is 24.1 Å². The van der Waals surface area contributed by atoms with E-state index in [2.05, 4.69) is 0 Å². The summed E-state index contributed by atoms with van der Waals surface area (Å²) in [5, 5.41) is 8.53. The first-order valence-corrected chi connectivity index (χ1v) is 4.85. The molecule has 0 aromatic heterocycles. The van der Waals surface area contributed by atoms with Gasteiger partial charge in [0.2, 0.25) is 0 Å². The van der Waals surface area contributed by atoms with Crippen LogP contribution < -0.4 is 10.5 Å². The molecule has 0 aliphatic rings. The van der Waals surface area contributed by atoms with E-state index in [4.69, 9.17) is 15.6 Å². The summed E-state index contributed by atoms with van der Waals surface area (Å²) < 4.78 is 17.9. The summed E-state index contributed by atoms with van der Waals surface area (Å²) >= 11 is 0. The topological polar surface area (TPSA) is 72.5 Å². The number of carboxylic acids is 1. The van der Waals surface area contributed by atoms with Crippen LogP contribution in [0.1, 0.15) is 24.4 Å². The molecule has 0 bridgehead atoms. The van der Waals surface area contributed by atoms with E-state index >= 15 is 0 Å². The maximum absolute atomic E-state index is 12.9.